The molecule has 2 atom stereocenters. The third-order valence-corrected chi connectivity index (χ3v) is 5.38. The van der Waals surface area contributed by atoms with Crippen LogP contribution < -0.4 is 10.9 Å². The molecule has 0 saturated heterocycles. The summed E-state index contributed by atoms with van der Waals surface area (Å²) in [6.07, 6.45) is 1.96. The molecule has 122 valence electrons. The van der Waals surface area contributed by atoms with Crippen LogP contribution in [0.4, 0.5) is 5.82 Å². The smallest absolute Gasteiger partial charge is 0.270 e. The zero-order valence-corrected chi connectivity index (χ0v) is 14.2. The fourth-order valence-corrected chi connectivity index (χ4v) is 4.14. The molecule has 2 aromatic rings. The highest BCUT2D eigenvalue weighted by Gasteiger charge is 2.31. The molecule has 1 aliphatic heterocycles. The zero-order valence-electron chi connectivity index (χ0n) is 13.3. The molecule has 1 aromatic heterocycles. The number of H-pyrrole nitrogens is 1. The van der Waals surface area contributed by atoms with E-state index in [2.05, 4.69) is 24.3 Å². The second kappa shape index (κ2) is 6.66. The summed E-state index contributed by atoms with van der Waals surface area (Å²) in [5.74, 6) is 0.904. The average Bonchev–Trinajstić information content (AvgIpc) is 2.76. The number of aromatic nitrogens is 2. The van der Waals surface area contributed by atoms with Crippen molar-refractivity contribution in [2.24, 2.45) is 0 Å². The number of amides is 1. The number of fused-ring (bicyclic) bond motifs is 1. The van der Waals surface area contributed by atoms with Crippen molar-refractivity contribution in [3.63, 3.8) is 0 Å². The van der Waals surface area contributed by atoms with Gasteiger partial charge >= 0.3 is 0 Å². The van der Waals surface area contributed by atoms with Gasteiger partial charge in [0.1, 0.15) is 5.82 Å². The standard InChI is InChI=1S/C17H21N3O2S/c1-3-7-11(2)20-16-14(17(22)19-20)15(23-10-13(21)18-16)12-8-5-4-6-9-12/h4-6,8-9,11,15H,3,7,10H2,1-2H3,(H,18,21)(H,19,22)/t11-,15+/m1/s1. The van der Waals surface area contributed by atoms with Gasteiger partial charge in [0.2, 0.25) is 5.91 Å². The summed E-state index contributed by atoms with van der Waals surface area (Å²) in [5.41, 5.74) is 1.57. The first-order valence-electron chi connectivity index (χ1n) is 7.92. The Labute approximate surface area is 139 Å². The molecule has 0 bridgehead atoms. The number of thioether (sulfide) groups is 1. The van der Waals surface area contributed by atoms with Crippen LogP contribution in [-0.2, 0) is 4.79 Å². The van der Waals surface area contributed by atoms with Crippen LogP contribution >= 0.6 is 11.8 Å². The molecule has 1 aliphatic rings. The second-order valence-electron chi connectivity index (χ2n) is 5.86. The van der Waals surface area contributed by atoms with Crippen molar-refractivity contribution in [1.29, 1.82) is 0 Å². The number of carbonyl (C=O) groups is 1. The van der Waals surface area contributed by atoms with Crippen molar-refractivity contribution in [1.82, 2.24) is 9.78 Å². The molecule has 2 heterocycles. The number of nitrogens with zero attached hydrogens (tertiary/aromatic N) is 1. The van der Waals surface area contributed by atoms with E-state index < -0.39 is 0 Å². The molecule has 23 heavy (non-hydrogen) atoms. The maximum absolute atomic E-state index is 12.6. The van der Waals surface area contributed by atoms with Gasteiger partial charge in [-0.3, -0.25) is 19.4 Å². The van der Waals surface area contributed by atoms with E-state index in [0.29, 0.717) is 17.1 Å². The van der Waals surface area contributed by atoms with Crippen LogP contribution in [0.15, 0.2) is 35.1 Å². The molecular weight excluding hydrogens is 310 g/mol. The normalized spacial score (nSPS) is 18.9. The first kappa shape index (κ1) is 15.9. The highest BCUT2D eigenvalue weighted by Crippen LogP contribution is 2.40. The van der Waals surface area contributed by atoms with Gasteiger partial charge in [-0.1, -0.05) is 43.7 Å². The van der Waals surface area contributed by atoms with E-state index in [0.717, 1.165) is 18.4 Å². The van der Waals surface area contributed by atoms with Crippen LogP contribution in [-0.4, -0.2) is 21.4 Å². The van der Waals surface area contributed by atoms with Crippen LogP contribution in [0, 0.1) is 0 Å². The zero-order chi connectivity index (χ0) is 16.4. The first-order valence-corrected chi connectivity index (χ1v) is 8.97. The Morgan fingerprint density at radius 2 is 2.04 bits per heavy atom. The van der Waals surface area contributed by atoms with Gasteiger partial charge in [0, 0.05) is 6.04 Å². The predicted octanol–water partition coefficient (Wildman–Crippen LogP) is 3.31. The maximum Gasteiger partial charge on any atom is 0.270 e. The Bertz CT molecular complexity index is 751. The molecule has 0 saturated carbocycles. The Morgan fingerprint density at radius 1 is 1.30 bits per heavy atom. The minimum absolute atomic E-state index is 0.0638. The Balaban J connectivity index is 2.12. The average molecular weight is 331 g/mol. The summed E-state index contributed by atoms with van der Waals surface area (Å²) in [4.78, 5) is 24.7. The number of anilines is 1. The van der Waals surface area contributed by atoms with Gasteiger partial charge in [-0.15, -0.1) is 11.8 Å². The molecule has 0 unspecified atom stereocenters. The van der Waals surface area contributed by atoms with E-state index in [9.17, 15) is 9.59 Å². The number of nitrogens with one attached hydrogen (secondary N) is 2. The topological polar surface area (TPSA) is 66.9 Å². The highest BCUT2D eigenvalue weighted by atomic mass is 32.2. The number of rotatable bonds is 4. The summed E-state index contributed by atoms with van der Waals surface area (Å²) in [6, 6.07) is 10.0. The molecule has 6 heteroatoms. The number of hydrogen-bond acceptors (Lipinski definition) is 3. The molecule has 1 aromatic carbocycles. The van der Waals surface area contributed by atoms with Crippen LogP contribution in [0.25, 0.3) is 0 Å². The van der Waals surface area contributed by atoms with E-state index in [1.165, 1.54) is 11.8 Å². The summed E-state index contributed by atoms with van der Waals surface area (Å²) in [5, 5.41) is 5.71. The second-order valence-corrected chi connectivity index (χ2v) is 6.95. The summed E-state index contributed by atoms with van der Waals surface area (Å²) in [6.45, 7) is 4.17. The first-order chi connectivity index (χ1) is 11.1. The van der Waals surface area contributed by atoms with Gasteiger partial charge in [0.05, 0.1) is 16.6 Å². The fraction of sp³-hybridized carbons (Fsp3) is 0.412. The van der Waals surface area contributed by atoms with Gasteiger partial charge < -0.3 is 5.32 Å². The van der Waals surface area contributed by atoms with Crippen LogP contribution in [0.1, 0.15) is 49.1 Å². The summed E-state index contributed by atoms with van der Waals surface area (Å²) >= 11 is 1.50. The lowest BCUT2D eigenvalue weighted by Crippen LogP contribution is -2.18. The van der Waals surface area contributed by atoms with Crippen molar-refractivity contribution >= 4 is 23.5 Å². The van der Waals surface area contributed by atoms with Gasteiger partial charge in [0.15, 0.2) is 0 Å². The number of benzene rings is 1. The molecule has 2 N–H and O–H groups in total. The Kier molecular flexibility index (Phi) is 4.61. The van der Waals surface area contributed by atoms with Crippen molar-refractivity contribution in [2.75, 3.05) is 11.1 Å². The molecule has 5 nitrogen and oxygen atoms in total. The van der Waals surface area contributed by atoms with E-state index in [4.69, 9.17) is 0 Å². The molecule has 1 amide bonds. The Morgan fingerprint density at radius 3 is 2.74 bits per heavy atom. The maximum atomic E-state index is 12.6. The van der Waals surface area contributed by atoms with Crippen LogP contribution in [0.2, 0.25) is 0 Å². The van der Waals surface area contributed by atoms with Crippen molar-refractivity contribution in [3.8, 4) is 0 Å². The molecule has 0 aliphatic carbocycles. The fourth-order valence-electron chi connectivity index (χ4n) is 3.01. The van der Waals surface area contributed by atoms with Gasteiger partial charge in [0.25, 0.3) is 5.56 Å². The quantitative estimate of drug-likeness (QED) is 0.903. The lowest BCUT2D eigenvalue weighted by atomic mass is 10.1. The molecule has 0 radical (unpaired) electrons. The summed E-state index contributed by atoms with van der Waals surface area (Å²) in [7, 11) is 0. The highest BCUT2D eigenvalue weighted by molar-refractivity contribution is 8.00. The number of aromatic amines is 1. The van der Waals surface area contributed by atoms with Crippen molar-refractivity contribution in [3.05, 3.63) is 51.8 Å². The lowest BCUT2D eigenvalue weighted by molar-refractivity contribution is -0.113. The van der Waals surface area contributed by atoms with E-state index in [1.807, 2.05) is 35.0 Å². The van der Waals surface area contributed by atoms with Gasteiger partial charge in [-0.2, -0.15) is 0 Å². The molecule has 3 rings (SSSR count). The van der Waals surface area contributed by atoms with Gasteiger partial charge in [-0.25, -0.2) is 0 Å². The van der Waals surface area contributed by atoms with Gasteiger partial charge in [-0.05, 0) is 18.9 Å². The lowest BCUT2D eigenvalue weighted by Gasteiger charge is -2.17. The molecule has 0 fully saturated rings. The predicted molar refractivity (Wildman–Crippen MR) is 94.0 cm³/mol. The minimum atomic E-state index is -0.135. The Hall–Kier alpha value is -1.95. The van der Waals surface area contributed by atoms with Crippen molar-refractivity contribution in [2.45, 2.75) is 38.0 Å². The number of hydrogen-bond donors (Lipinski definition) is 2. The van der Waals surface area contributed by atoms with Crippen LogP contribution in [0.3, 0.4) is 0 Å². The minimum Gasteiger partial charge on any atom is -0.310 e. The number of carbonyl (C=O) groups excluding carboxylic acids is 1. The SMILES string of the molecule is CCC[C@@H](C)n1[nH]c(=O)c2c1NC(=O)CS[C@H]2c1ccccc1. The van der Waals surface area contributed by atoms with E-state index in [1.54, 1.807) is 0 Å². The van der Waals surface area contributed by atoms with E-state index in [-0.39, 0.29) is 22.8 Å². The third kappa shape index (κ3) is 3.08. The van der Waals surface area contributed by atoms with Crippen molar-refractivity contribution < 1.29 is 4.79 Å². The van der Waals surface area contributed by atoms with E-state index >= 15 is 0 Å². The molecular formula is C17H21N3O2S. The third-order valence-electron chi connectivity index (χ3n) is 4.11. The monoisotopic (exact) mass is 331 g/mol. The largest absolute Gasteiger partial charge is 0.310 e. The summed E-state index contributed by atoms with van der Waals surface area (Å²) < 4.78 is 1.82. The van der Waals surface area contributed by atoms with Crippen LogP contribution in [0.5, 0.6) is 0 Å². The molecule has 0 spiro atoms.